The SMILES string of the molecule is Cc1ccc(C)c(Cn2ccnc2CNC2CC2)c1. The van der Waals surface area contributed by atoms with E-state index in [0.29, 0.717) is 0 Å². The number of hydrogen-bond acceptors (Lipinski definition) is 2. The standard InChI is InChI=1S/C16H21N3/c1-12-3-4-13(2)14(9-12)11-19-8-7-17-16(19)10-18-15-5-6-15/h3-4,7-9,15,18H,5-6,10-11H2,1-2H3. The topological polar surface area (TPSA) is 29.9 Å². The van der Waals surface area contributed by atoms with Crippen molar-refractivity contribution in [1.29, 1.82) is 0 Å². The highest BCUT2D eigenvalue weighted by Crippen LogP contribution is 2.19. The van der Waals surface area contributed by atoms with Crippen LogP contribution in [0.5, 0.6) is 0 Å². The van der Waals surface area contributed by atoms with Crippen LogP contribution in [0.4, 0.5) is 0 Å². The molecule has 2 aromatic rings. The first-order valence-corrected chi connectivity index (χ1v) is 7.02. The molecular formula is C16H21N3. The fraction of sp³-hybridized carbons (Fsp3) is 0.438. The number of benzene rings is 1. The third-order valence-corrected chi connectivity index (χ3v) is 3.77. The second kappa shape index (κ2) is 5.17. The lowest BCUT2D eigenvalue weighted by Crippen LogP contribution is -2.19. The van der Waals surface area contributed by atoms with Gasteiger partial charge in [0.1, 0.15) is 5.82 Å². The van der Waals surface area contributed by atoms with Gasteiger partial charge in [0, 0.05) is 25.0 Å². The average Bonchev–Trinajstić information content (AvgIpc) is 3.12. The highest BCUT2D eigenvalue weighted by Gasteiger charge is 2.20. The first-order chi connectivity index (χ1) is 9.22. The number of imidazole rings is 1. The zero-order valence-electron chi connectivity index (χ0n) is 11.7. The van der Waals surface area contributed by atoms with Crippen molar-refractivity contribution in [1.82, 2.24) is 14.9 Å². The summed E-state index contributed by atoms with van der Waals surface area (Å²) in [5, 5.41) is 3.53. The summed E-state index contributed by atoms with van der Waals surface area (Å²) in [6, 6.07) is 7.37. The lowest BCUT2D eigenvalue weighted by atomic mass is 10.1. The van der Waals surface area contributed by atoms with Crippen molar-refractivity contribution in [2.24, 2.45) is 0 Å². The second-order valence-electron chi connectivity index (χ2n) is 5.56. The summed E-state index contributed by atoms with van der Waals surface area (Å²) in [5.41, 5.74) is 4.05. The van der Waals surface area contributed by atoms with Crippen molar-refractivity contribution in [3.63, 3.8) is 0 Å². The fourth-order valence-corrected chi connectivity index (χ4v) is 2.33. The van der Waals surface area contributed by atoms with Crippen LogP contribution in [-0.4, -0.2) is 15.6 Å². The minimum Gasteiger partial charge on any atom is -0.329 e. The van der Waals surface area contributed by atoms with E-state index in [0.717, 1.165) is 25.0 Å². The third kappa shape index (κ3) is 3.04. The largest absolute Gasteiger partial charge is 0.329 e. The summed E-state index contributed by atoms with van der Waals surface area (Å²) in [6.45, 7) is 6.11. The number of hydrogen-bond donors (Lipinski definition) is 1. The van der Waals surface area contributed by atoms with Crippen molar-refractivity contribution in [2.45, 2.75) is 45.8 Å². The molecule has 3 nitrogen and oxygen atoms in total. The molecule has 100 valence electrons. The van der Waals surface area contributed by atoms with E-state index in [2.05, 4.69) is 53.1 Å². The normalized spacial score (nSPS) is 14.8. The van der Waals surface area contributed by atoms with E-state index < -0.39 is 0 Å². The number of rotatable bonds is 5. The van der Waals surface area contributed by atoms with Gasteiger partial charge in [-0.05, 0) is 37.8 Å². The summed E-state index contributed by atoms with van der Waals surface area (Å²) in [7, 11) is 0. The van der Waals surface area contributed by atoms with Crippen molar-refractivity contribution >= 4 is 0 Å². The number of aryl methyl sites for hydroxylation is 2. The van der Waals surface area contributed by atoms with Crippen molar-refractivity contribution < 1.29 is 0 Å². The average molecular weight is 255 g/mol. The van der Waals surface area contributed by atoms with E-state index in [1.54, 1.807) is 0 Å². The van der Waals surface area contributed by atoms with E-state index in [1.165, 1.54) is 29.5 Å². The molecule has 0 atom stereocenters. The summed E-state index contributed by atoms with van der Waals surface area (Å²) >= 11 is 0. The summed E-state index contributed by atoms with van der Waals surface area (Å²) in [6.07, 6.45) is 6.61. The van der Waals surface area contributed by atoms with Crippen molar-refractivity contribution in [3.8, 4) is 0 Å². The Labute approximate surface area is 114 Å². The van der Waals surface area contributed by atoms with Crippen molar-refractivity contribution in [3.05, 3.63) is 53.1 Å². The smallest absolute Gasteiger partial charge is 0.122 e. The molecule has 3 heteroatoms. The van der Waals surface area contributed by atoms with Gasteiger partial charge in [-0.3, -0.25) is 0 Å². The lowest BCUT2D eigenvalue weighted by Gasteiger charge is -2.11. The Bertz CT molecular complexity index is 567. The molecule has 0 aliphatic heterocycles. The minimum absolute atomic E-state index is 0.728. The third-order valence-electron chi connectivity index (χ3n) is 3.77. The maximum Gasteiger partial charge on any atom is 0.122 e. The van der Waals surface area contributed by atoms with Crippen LogP contribution in [0, 0.1) is 13.8 Å². The molecule has 0 radical (unpaired) electrons. The molecule has 19 heavy (non-hydrogen) atoms. The fourth-order valence-electron chi connectivity index (χ4n) is 2.33. The predicted octanol–water partition coefficient (Wildman–Crippen LogP) is 2.80. The van der Waals surface area contributed by atoms with Crippen LogP contribution in [0.3, 0.4) is 0 Å². The quantitative estimate of drug-likeness (QED) is 0.890. The van der Waals surface area contributed by atoms with Gasteiger partial charge >= 0.3 is 0 Å². The zero-order valence-corrected chi connectivity index (χ0v) is 11.7. The highest BCUT2D eigenvalue weighted by molar-refractivity contribution is 5.30. The Morgan fingerprint density at radius 3 is 2.95 bits per heavy atom. The summed E-state index contributed by atoms with van der Waals surface area (Å²) in [4.78, 5) is 4.46. The monoisotopic (exact) mass is 255 g/mol. The molecule has 1 N–H and O–H groups in total. The van der Waals surface area contributed by atoms with Crippen LogP contribution in [0.15, 0.2) is 30.6 Å². The van der Waals surface area contributed by atoms with Gasteiger partial charge in [-0.2, -0.15) is 0 Å². The summed E-state index contributed by atoms with van der Waals surface area (Å²) in [5.74, 6) is 1.13. The molecular weight excluding hydrogens is 234 g/mol. The first kappa shape index (κ1) is 12.4. The van der Waals surface area contributed by atoms with Crippen LogP contribution in [0.2, 0.25) is 0 Å². The Kier molecular flexibility index (Phi) is 3.38. The number of aromatic nitrogens is 2. The van der Waals surface area contributed by atoms with Gasteiger partial charge < -0.3 is 9.88 Å². The van der Waals surface area contributed by atoms with E-state index in [1.807, 2.05) is 6.20 Å². The second-order valence-corrected chi connectivity index (χ2v) is 5.56. The van der Waals surface area contributed by atoms with Crippen LogP contribution in [-0.2, 0) is 13.1 Å². The van der Waals surface area contributed by atoms with E-state index in [-0.39, 0.29) is 0 Å². The molecule has 0 amide bonds. The van der Waals surface area contributed by atoms with Crippen molar-refractivity contribution in [2.75, 3.05) is 0 Å². The van der Waals surface area contributed by atoms with E-state index in [4.69, 9.17) is 0 Å². The highest BCUT2D eigenvalue weighted by atomic mass is 15.1. The van der Waals surface area contributed by atoms with Gasteiger partial charge in [0.15, 0.2) is 0 Å². The minimum atomic E-state index is 0.728. The molecule has 0 bridgehead atoms. The molecule has 0 spiro atoms. The van der Waals surface area contributed by atoms with Gasteiger partial charge in [0.05, 0.1) is 6.54 Å². The molecule has 1 aliphatic rings. The van der Waals surface area contributed by atoms with Gasteiger partial charge in [-0.1, -0.05) is 23.8 Å². The van der Waals surface area contributed by atoms with Gasteiger partial charge in [-0.25, -0.2) is 4.98 Å². The summed E-state index contributed by atoms with van der Waals surface area (Å²) < 4.78 is 2.25. The number of nitrogens with zero attached hydrogens (tertiary/aromatic N) is 2. The molecule has 1 aliphatic carbocycles. The van der Waals surface area contributed by atoms with Gasteiger partial charge in [-0.15, -0.1) is 0 Å². The van der Waals surface area contributed by atoms with Gasteiger partial charge in [0.25, 0.3) is 0 Å². The Morgan fingerprint density at radius 1 is 1.32 bits per heavy atom. The maximum absolute atomic E-state index is 4.46. The molecule has 1 fully saturated rings. The zero-order chi connectivity index (χ0) is 13.2. The number of nitrogens with one attached hydrogen (secondary N) is 1. The predicted molar refractivity (Wildman–Crippen MR) is 77.1 cm³/mol. The Morgan fingerprint density at radius 2 is 2.16 bits per heavy atom. The van der Waals surface area contributed by atoms with Crippen LogP contribution < -0.4 is 5.32 Å². The van der Waals surface area contributed by atoms with Crippen LogP contribution in [0.1, 0.15) is 35.4 Å². The molecule has 1 saturated carbocycles. The molecule has 3 rings (SSSR count). The van der Waals surface area contributed by atoms with Crippen LogP contribution in [0.25, 0.3) is 0 Å². The molecule has 1 aromatic carbocycles. The maximum atomic E-state index is 4.46. The molecule has 0 unspecified atom stereocenters. The van der Waals surface area contributed by atoms with E-state index >= 15 is 0 Å². The molecule has 1 heterocycles. The van der Waals surface area contributed by atoms with Crippen LogP contribution >= 0.6 is 0 Å². The molecule has 0 saturated heterocycles. The Hall–Kier alpha value is -1.61. The first-order valence-electron chi connectivity index (χ1n) is 7.02. The van der Waals surface area contributed by atoms with E-state index in [9.17, 15) is 0 Å². The molecule has 1 aromatic heterocycles. The Balaban J connectivity index is 1.74. The van der Waals surface area contributed by atoms with Gasteiger partial charge in [0.2, 0.25) is 0 Å². The lowest BCUT2D eigenvalue weighted by molar-refractivity contribution is 0.618.